The monoisotopic (exact) mass is 200 g/mol. The maximum Gasteiger partial charge on any atom is 0.291 e. The van der Waals surface area contributed by atoms with Crippen LogP contribution in [0.2, 0.25) is 0 Å². The Bertz CT molecular complexity index is 147. The number of nitrogens with zero attached hydrogens (tertiary/aromatic N) is 2. The molecule has 12 heteroatoms. The van der Waals surface area contributed by atoms with Crippen LogP contribution in [0.4, 0.5) is 0 Å². The summed E-state index contributed by atoms with van der Waals surface area (Å²) in [7, 11) is 0. The first-order chi connectivity index (χ1) is 5.73. The molecule has 0 radical (unpaired) electrons. The van der Waals surface area contributed by atoms with Crippen molar-refractivity contribution in [2.45, 2.75) is 0 Å². The Kier molecular flexibility index (Phi) is 16.0. The van der Waals surface area contributed by atoms with Gasteiger partial charge in [0.2, 0.25) is 0 Å². The number of hydrazine groups is 1. The zero-order valence-corrected chi connectivity index (χ0v) is 6.08. The van der Waals surface area contributed by atoms with Crippen molar-refractivity contribution in [1.29, 1.82) is 5.41 Å². The Morgan fingerprint density at radius 1 is 1.31 bits per heavy atom. The summed E-state index contributed by atoms with van der Waals surface area (Å²) >= 11 is 0. The van der Waals surface area contributed by atoms with Gasteiger partial charge in [-0.3, -0.25) is 10.8 Å². The molecule has 0 bridgehead atoms. The van der Waals surface area contributed by atoms with Crippen LogP contribution in [0, 0.1) is 25.6 Å². The Labute approximate surface area is 70.4 Å². The van der Waals surface area contributed by atoms with Crippen LogP contribution in [0.3, 0.4) is 0 Å². The van der Waals surface area contributed by atoms with Crippen LogP contribution in [0.5, 0.6) is 0 Å². The van der Waals surface area contributed by atoms with E-state index in [1.54, 1.807) is 0 Å². The molecule has 0 aromatic heterocycles. The molecule has 78 valence electrons. The largest absolute Gasteiger partial charge is 0.369 e. The van der Waals surface area contributed by atoms with E-state index in [2.05, 4.69) is 11.6 Å². The van der Waals surface area contributed by atoms with E-state index in [4.69, 9.17) is 36.1 Å². The third-order valence-corrected chi connectivity index (χ3v) is 0.156. The molecule has 0 aliphatic rings. The lowest BCUT2D eigenvalue weighted by Crippen LogP contribution is -2.35. The summed E-state index contributed by atoms with van der Waals surface area (Å²) < 4.78 is 0. The fraction of sp³-hybridized carbons (Fsp3) is 0. The summed E-state index contributed by atoms with van der Waals surface area (Å²) in [4.78, 5) is 16.7. The van der Waals surface area contributed by atoms with Gasteiger partial charge >= 0.3 is 0 Å². The average molecular weight is 200 g/mol. The maximum absolute atomic E-state index is 8.36. The summed E-state index contributed by atoms with van der Waals surface area (Å²) in [6.45, 7) is 0. The fourth-order valence-corrected chi connectivity index (χ4v) is 0. The maximum atomic E-state index is 8.36. The van der Waals surface area contributed by atoms with E-state index < -0.39 is 10.2 Å². The van der Waals surface area contributed by atoms with Gasteiger partial charge in [0.1, 0.15) is 0 Å². The number of hydrogen-bond acceptors (Lipinski definition) is 6. The molecule has 0 fully saturated rings. The minimum atomic E-state index is -1.50. The predicted molar refractivity (Wildman–Crippen MR) is 36.8 cm³/mol. The van der Waals surface area contributed by atoms with Crippen LogP contribution in [0.1, 0.15) is 0 Å². The van der Waals surface area contributed by atoms with Gasteiger partial charge in [0.15, 0.2) is 5.96 Å². The molecular formula is CH8N6O6. The van der Waals surface area contributed by atoms with Crippen molar-refractivity contribution in [3.63, 3.8) is 0 Å². The highest BCUT2D eigenvalue weighted by molar-refractivity contribution is 5.73. The van der Waals surface area contributed by atoms with E-state index in [0.29, 0.717) is 0 Å². The molecule has 0 heterocycles. The Morgan fingerprint density at radius 3 is 1.38 bits per heavy atom. The van der Waals surface area contributed by atoms with Crippen molar-refractivity contribution in [2.24, 2.45) is 11.6 Å². The average Bonchev–Trinajstić information content (AvgIpc) is 1.84. The molecule has 13 heavy (non-hydrogen) atoms. The summed E-state index contributed by atoms with van der Waals surface area (Å²) in [6.07, 6.45) is 0. The molecule has 0 unspecified atom stereocenters. The zero-order valence-electron chi connectivity index (χ0n) is 6.08. The molecule has 0 aliphatic carbocycles. The third kappa shape index (κ3) is 4100. The molecule has 0 aromatic carbocycles. The van der Waals surface area contributed by atoms with Crippen molar-refractivity contribution in [1.82, 2.24) is 5.43 Å². The number of hydrogen-bond donors (Lipinski definition) is 6. The van der Waals surface area contributed by atoms with Crippen LogP contribution in [-0.2, 0) is 0 Å². The lowest BCUT2D eigenvalue weighted by molar-refractivity contribution is -0.742. The van der Waals surface area contributed by atoms with Crippen molar-refractivity contribution in [2.75, 3.05) is 0 Å². The summed E-state index contributed by atoms with van der Waals surface area (Å²) in [5, 5.41) is 33.6. The van der Waals surface area contributed by atoms with Gasteiger partial charge in [0.05, 0.1) is 0 Å². The molecule has 0 aliphatic heterocycles. The first kappa shape index (κ1) is 16.9. The Morgan fingerprint density at radius 2 is 1.38 bits per heavy atom. The van der Waals surface area contributed by atoms with Crippen molar-refractivity contribution < 1.29 is 20.6 Å². The van der Waals surface area contributed by atoms with E-state index in [-0.39, 0.29) is 5.96 Å². The standard InChI is InChI=1S/CH6N4.2HNO3/c2-1(3)5-4;2*2-1(3)4/h4H2,(H4,2,3,5);2*(H,2,3,4). The van der Waals surface area contributed by atoms with E-state index in [1.807, 2.05) is 5.43 Å². The molecule has 0 aromatic rings. The highest BCUT2D eigenvalue weighted by atomic mass is 16.9. The molecule has 0 spiro atoms. The normalized spacial score (nSPS) is 6.23. The van der Waals surface area contributed by atoms with Crippen LogP contribution < -0.4 is 17.0 Å². The van der Waals surface area contributed by atoms with Crippen LogP contribution in [0.15, 0.2) is 0 Å². The van der Waals surface area contributed by atoms with E-state index in [9.17, 15) is 0 Å². The highest BCUT2D eigenvalue weighted by Gasteiger charge is 1.66. The van der Waals surface area contributed by atoms with Gasteiger partial charge in [-0.25, -0.2) is 5.84 Å². The van der Waals surface area contributed by atoms with E-state index in [1.165, 1.54) is 0 Å². The van der Waals surface area contributed by atoms with Gasteiger partial charge in [-0.15, -0.1) is 20.2 Å². The van der Waals surface area contributed by atoms with Crippen molar-refractivity contribution in [3.05, 3.63) is 20.2 Å². The highest BCUT2D eigenvalue weighted by Crippen LogP contribution is 1.38. The van der Waals surface area contributed by atoms with Gasteiger partial charge in [-0.2, -0.15) is 0 Å². The molecular weight excluding hydrogens is 192 g/mol. The lowest BCUT2D eigenvalue weighted by atomic mass is 11.1. The minimum Gasteiger partial charge on any atom is -0.369 e. The van der Waals surface area contributed by atoms with Crippen LogP contribution in [-0.4, -0.2) is 26.5 Å². The summed E-state index contributed by atoms with van der Waals surface area (Å²) in [5.41, 5.74) is 6.53. The number of rotatable bonds is 0. The van der Waals surface area contributed by atoms with Crippen LogP contribution in [0.25, 0.3) is 0 Å². The van der Waals surface area contributed by atoms with Crippen molar-refractivity contribution in [3.8, 4) is 0 Å². The van der Waals surface area contributed by atoms with Gasteiger partial charge in [0.25, 0.3) is 10.2 Å². The van der Waals surface area contributed by atoms with Gasteiger partial charge in [-0.1, -0.05) is 0 Å². The fourth-order valence-electron chi connectivity index (χ4n) is 0. The van der Waals surface area contributed by atoms with E-state index >= 15 is 0 Å². The SMILES string of the molecule is N=C(N)NN.O=[N+]([O-])O.O=[N+]([O-])O. The molecule has 8 N–H and O–H groups in total. The molecule has 0 amide bonds. The number of nitrogens with one attached hydrogen (secondary N) is 2. The van der Waals surface area contributed by atoms with Gasteiger partial charge in [0, 0.05) is 0 Å². The summed E-state index contributed by atoms with van der Waals surface area (Å²) in [6, 6.07) is 0. The molecule has 0 atom stereocenters. The smallest absolute Gasteiger partial charge is 0.291 e. The third-order valence-electron chi connectivity index (χ3n) is 0.156. The Balaban J connectivity index is -0.000000117. The zero-order chi connectivity index (χ0) is 11.4. The first-order valence-corrected chi connectivity index (χ1v) is 2.21. The lowest BCUT2D eigenvalue weighted by Gasteiger charge is -1.85. The van der Waals surface area contributed by atoms with E-state index in [0.717, 1.165) is 0 Å². The van der Waals surface area contributed by atoms with Gasteiger partial charge in [-0.05, 0) is 0 Å². The summed E-state index contributed by atoms with van der Waals surface area (Å²) in [5.74, 6) is 4.35. The second-order valence-electron chi connectivity index (χ2n) is 1.03. The molecule has 0 saturated heterocycles. The first-order valence-electron chi connectivity index (χ1n) is 2.21. The molecule has 0 rings (SSSR count). The quantitative estimate of drug-likeness (QED) is 0.0808. The van der Waals surface area contributed by atoms with Gasteiger partial charge < -0.3 is 16.1 Å². The Hall–Kier alpha value is -2.37. The second kappa shape index (κ2) is 12.3. The predicted octanol–water partition coefficient (Wildman–Crippen LogP) is -2.35. The molecule has 0 saturated carbocycles. The topological polar surface area (TPSA) is 215 Å². The number of nitrogens with two attached hydrogens (primary N) is 2. The van der Waals surface area contributed by atoms with Crippen LogP contribution >= 0.6 is 0 Å². The second-order valence-corrected chi connectivity index (χ2v) is 1.03. The molecule has 12 nitrogen and oxygen atoms in total. The minimum absolute atomic E-state index is 0.218. The van der Waals surface area contributed by atoms with Crippen molar-refractivity contribution >= 4 is 5.96 Å². The number of guanidine groups is 1.